The molecule has 0 aromatic carbocycles. The minimum absolute atomic E-state index is 0.00127. The van der Waals surface area contributed by atoms with Crippen LogP contribution in [0, 0.1) is 0 Å². The molecule has 1 amide bonds. The Labute approximate surface area is 102 Å². The molecule has 1 rings (SSSR count). The van der Waals surface area contributed by atoms with E-state index in [-0.39, 0.29) is 5.91 Å². The van der Waals surface area contributed by atoms with Crippen molar-refractivity contribution in [2.45, 2.75) is 6.54 Å². The Balaban J connectivity index is 2.19. The summed E-state index contributed by atoms with van der Waals surface area (Å²) < 4.78 is 1.08. The second-order valence-corrected chi connectivity index (χ2v) is 5.45. The molecule has 0 radical (unpaired) electrons. The SMILES string of the molecule is C=CCNCC(=O)NCc1ccc(Br)s1. The highest BCUT2D eigenvalue weighted by atomic mass is 79.9. The molecule has 0 aliphatic carbocycles. The summed E-state index contributed by atoms with van der Waals surface area (Å²) in [4.78, 5) is 12.4. The molecule has 0 aliphatic rings. The number of nitrogens with one attached hydrogen (secondary N) is 2. The molecular formula is C10H13BrN2OS. The zero-order chi connectivity index (χ0) is 11.1. The molecule has 2 N–H and O–H groups in total. The molecule has 0 fully saturated rings. The normalized spacial score (nSPS) is 9.93. The Kier molecular flexibility index (Phi) is 5.60. The van der Waals surface area contributed by atoms with E-state index in [1.165, 1.54) is 0 Å². The fourth-order valence-electron chi connectivity index (χ4n) is 0.983. The minimum Gasteiger partial charge on any atom is -0.350 e. The molecule has 82 valence electrons. The molecule has 15 heavy (non-hydrogen) atoms. The summed E-state index contributed by atoms with van der Waals surface area (Å²) in [5.74, 6) is 0.00127. The van der Waals surface area contributed by atoms with Crippen LogP contribution in [0.1, 0.15) is 4.88 Å². The summed E-state index contributed by atoms with van der Waals surface area (Å²) >= 11 is 5.00. The fourth-order valence-corrected chi connectivity index (χ4v) is 2.41. The molecule has 0 saturated heterocycles. The minimum atomic E-state index is 0.00127. The van der Waals surface area contributed by atoms with E-state index < -0.39 is 0 Å². The number of hydrogen-bond acceptors (Lipinski definition) is 3. The van der Waals surface area contributed by atoms with Gasteiger partial charge in [-0.3, -0.25) is 4.79 Å². The van der Waals surface area contributed by atoms with E-state index in [0.29, 0.717) is 19.6 Å². The van der Waals surface area contributed by atoms with E-state index in [0.717, 1.165) is 8.66 Å². The van der Waals surface area contributed by atoms with E-state index in [1.54, 1.807) is 17.4 Å². The van der Waals surface area contributed by atoms with Gasteiger partial charge in [0.25, 0.3) is 0 Å². The molecule has 0 spiro atoms. The number of carbonyl (C=O) groups is 1. The van der Waals surface area contributed by atoms with E-state index in [1.807, 2.05) is 12.1 Å². The highest BCUT2D eigenvalue weighted by Crippen LogP contribution is 2.21. The summed E-state index contributed by atoms with van der Waals surface area (Å²) in [5.41, 5.74) is 0. The van der Waals surface area contributed by atoms with Gasteiger partial charge in [-0.2, -0.15) is 0 Å². The van der Waals surface area contributed by atoms with Crippen LogP contribution < -0.4 is 10.6 Å². The highest BCUT2D eigenvalue weighted by Gasteiger charge is 2.01. The zero-order valence-electron chi connectivity index (χ0n) is 8.25. The zero-order valence-corrected chi connectivity index (χ0v) is 10.7. The summed E-state index contributed by atoms with van der Waals surface area (Å²) in [7, 11) is 0. The molecule has 1 aromatic rings. The monoisotopic (exact) mass is 288 g/mol. The van der Waals surface area contributed by atoms with Gasteiger partial charge in [0.05, 0.1) is 16.9 Å². The third kappa shape index (κ3) is 5.11. The van der Waals surface area contributed by atoms with E-state index in [9.17, 15) is 4.79 Å². The topological polar surface area (TPSA) is 41.1 Å². The van der Waals surface area contributed by atoms with Gasteiger partial charge >= 0.3 is 0 Å². The van der Waals surface area contributed by atoms with Gasteiger partial charge in [0.2, 0.25) is 5.91 Å². The first-order valence-corrected chi connectivity index (χ1v) is 6.16. The van der Waals surface area contributed by atoms with Crippen LogP contribution in [0.25, 0.3) is 0 Å². The molecule has 0 aliphatic heterocycles. The predicted molar refractivity (Wildman–Crippen MR) is 66.9 cm³/mol. The molecule has 1 heterocycles. The number of carbonyl (C=O) groups excluding carboxylic acids is 1. The molecular weight excluding hydrogens is 276 g/mol. The van der Waals surface area contributed by atoms with Crippen molar-refractivity contribution in [3.63, 3.8) is 0 Å². The van der Waals surface area contributed by atoms with Gasteiger partial charge in [-0.25, -0.2) is 0 Å². The first-order chi connectivity index (χ1) is 7.22. The molecule has 0 atom stereocenters. The number of halogens is 1. The molecule has 0 saturated carbocycles. The fraction of sp³-hybridized carbons (Fsp3) is 0.300. The summed E-state index contributed by atoms with van der Waals surface area (Å²) in [6, 6.07) is 3.97. The quantitative estimate of drug-likeness (QED) is 0.620. The maximum Gasteiger partial charge on any atom is 0.234 e. The van der Waals surface area contributed by atoms with Crippen molar-refractivity contribution >= 4 is 33.2 Å². The van der Waals surface area contributed by atoms with Crippen LogP contribution in [0.4, 0.5) is 0 Å². The van der Waals surface area contributed by atoms with Crippen molar-refractivity contribution in [1.29, 1.82) is 0 Å². The average molecular weight is 289 g/mol. The summed E-state index contributed by atoms with van der Waals surface area (Å²) in [6.07, 6.45) is 1.73. The first kappa shape index (κ1) is 12.4. The standard InChI is InChI=1S/C10H13BrN2OS/c1-2-5-12-7-10(14)13-6-8-3-4-9(11)15-8/h2-4,12H,1,5-7H2,(H,13,14). The Hall–Kier alpha value is -0.650. The smallest absolute Gasteiger partial charge is 0.234 e. The third-order valence-corrected chi connectivity index (χ3v) is 3.29. The predicted octanol–water partition coefficient (Wildman–Crippen LogP) is 1.90. The molecule has 1 aromatic heterocycles. The Morgan fingerprint density at radius 3 is 3.00 bits per heavy atom. The second kappa shape index (κ2) is 6.76. The lowest BCUT2D eigenvalue weighted by molar-refractivity contribution is -0.120. The number of rotatable bonds is 6. The lowest BCUT2D eigenvalue weighted by atomic mass is 10.4. The maximum atomic E-state index is 11.3. The second-order valence-electron chi connectivity index (χ2n) is 2.90. The highest BCUT2D eigenvalue weighted by molar-refractivity contribution is 9.11. The van der Waals surface area contributed by atoms with Crippen LogP contribution in [0.5, 0.6) is 0 Å². The van der Waals surface area contributed by atoms with E-state index in [2.05, 4.69) is 33.1 Å². The largest absolute Gasteiger partial charge is 0.350 e. The molecule has 0 bridgehead atoms. The van der Waals surface area contributed by atoms with Crippen LogP contribution in [0.2, 0.25) is 0 Å². The molecule has 5 heteroatoms. The van der Waals surface area contributed by atoms with Gasteiger partial charge in [0.1, 0.15) is 0 Å². The summed E-state index contributed by atoms with van der Waals surface area (Å²) in [6.45, 7) is 5.13. The Morgan fingerprint density at radius 1 is 1.60 bits per heavy atom. The van der Waals surface area contributed by atoms with Gasteiger partial charge in [-0.15, -0.1) is 17.9 Å². The van der Waals surface area contributed by atoms with Crippen LogP contribution >= 0.6 is 27.3 Å². The Morgan fingerprint density at radius 2 is 2.40 bits per heavy atom. The van der Waals surface area contributed by atoms with Crippen molar-refractivity contribution in [2.75, 3.05) is 13.1 Å². The molecule has 3 nitrogen and oxygen atoms in total. The average Bonchev–Trinajstić information content (AvgIpc) is 2.62. The van der Waals surface area contributed by atoms with Gasteiger partial charge < -0.3 is 10.6 Å². The number of amides is 1. The van der Waals surface area contributed by atoms with Crippen molar-refractivity contribution in [1.82, 2.24) is 10.6 Å². The number of thiophene rings is 1. The Bertz CT molecular complexity index is 338. The van der Waals surface area contributed by atoms with Gasteiger partial charge in [-0.05, 0) is 28.1 Å². The summed E-state index contributed by atoms with van der Waals surface area (Å²) in [5, 5.41) is 5.77. The maximum absolute atomic E-state index is 11.3. The van der Waals surface area contributed by atoms with Crippen LogP contribution in [0.15, 0.2) is 28.6 Å². The van der Waals surface area contributed by atoms with Crippen LogP contribution in [-0.4, -0.2) is 19.0 Å². The van der Waals surface area contributed by atoms with Crippen molar-refractivity contribution in [3.05, 3.63) is 33.5 Å². The lowest BCUT2D eigenvalue weighted by Gasteiger charge is -2.03. The lowest BCUT2D eigenvalue weighted by Crippen LogP contribution is -2.33. The van der Waals surface area contributed by atoms with Crippen LogP contribution in [-0.2, 0) is 11.3 Å². The number of hydrogen-bond donors (Lipinski definition) is 2. The van der Waals surface area contributed by atoms with Crippen molar-refractivity contribution in [2.24, 2.45) is 0 Å². The third-order valence-electron chi connectivity index (χ3n) is 1.66. The van der Waals surface area contributed by atoms with Gasteiger partial charge in [-0.1, -0.05) is 6.08 Å². The van der Waals surface area contributed by atoms with Gasteiger partial charge in [0.15, 0.2) is 0 Å². The van der Waals surface area contributed by atoms with Gasteiger partial charge in [0, 0.05) is 11.4 Å². The molecule has 0 unspecified atom stereocenters. The first-order valence-electron chi connectivity index (χ1n) is 4.55. The van der Waals surface area contributed by atoms with Crippen molar-refractivity contribution in [3.8, 4) is 0 Å². The van der Waals surface area contributed by atoms with Crippen LogP contribution in [0.3, 0.4) is 0 Å². The van der Waals surface area contributed by atoms with E-state index in [4.69, 9.17) is 0 Å². The van der Waals surface area contributed by atoms with E-state index >= 15 is 0 Å². The van der Waals surface area contributed by atoms with Crippen molar-refractivity contribution < 1.29 is 4.79 Å².